The maximum absolute atomic E-state index is 11.0. The molecule has 0 spiro atoms. The molecule has 1 fully saturated rings. The van der Waals surface area contributed by atoms with E-state index < -0.39 is 0 Å². The molecule has 0 bridgehead atoms. The molecule has 1 aromatic rings. The molecule has 3 heteroatoms. The summed E-state index contributed by atoms with van der Waals surface area (Å²) in [7, 11) is 2.05. The highest BCUT2D eigenvalue weighted by Crippen LogP contribution is 2.29. The number of rotatable bonds is 3. The van der Waals surface area contributed by atoms with E-state index in [1.54, 1.807) is 6.20 Å². The van der Waals surface area contributed by atoms with E-state index in [1.165, 1.54) is 25.7 Å². The van der Waals surface area contributed by atoms with Crippen LogP contribution in [0.15, 0.2) is 18.3 Å². The quantitative estimate of drug-likeness (QED) is 0.751. The van der Waals surface area contributed by atoms with Gasteiger partial charge in [0, 0.05) is 19.3 Å². The van der Waals surface area contributed by atoms with E-state index in [1.807, 2.05) is 12.1 Å². The summed E-state index contributed by atoms with van der Waals surface area (Å²) >= 11 is 0. The number of carbonyl (C=O) groups is 1. The third-order valence-corrected chi connectivity index (χ3v) is 3.73. The van der Waals surface area contributed by atoms with E-state index in [0.29, 0.717) is 11.6 Å². The van der Waals surface area contributed by atoms with E-state index in [4.69, 9.17) is 0 Å². The zero-order valence-electron chi connectivity index (χ0n) is 10.6. The van der Waals surface area contributed by atoms with Crippen molar-refractivity contribution in [2.24, 2.45) is 5.92 Å². The molecule has 1 saturated carbocycles. The maximum atomic E-state index is 11.0. The van der Waals surface area contributed by atoms with Crippen LogP contribution in [0.3, 0.4) is 0 Å². The third-order valence-electron chi connectivity index (χ3n) is 3.73. The second-order valence-electron chi connectivity index (χ2n) is 5.07. The van der Waals surface area contributed by atoms with Crippen molar-refractivity contribution in [3.8, 4) is 0 Å². The van der Waals surface area contributed by atoms with Crippen molar-refractivity contribution in [3.05, 3.63) is 23.9 Å². The SMILES string of the molecule is CC1CCCC(N(C)c2ncccc2C=O)C1. The Labute approximate surface area is 103 Å². The van der Waals surface area contributed by atoms with Gasteiger partial charge in [-0.2, -0.15) is 0 Å². The number of pyridine rings is 1. The number of aromatic nitrogens is 1. The smallest absolute Gasteiger partial charge is 0.153 e. The van der Waals surface area contributed by atoms with E-state index in [0.717, 1.165) is 18.0 Å². The Balaban J connectivity index is 2.18. The van der Waals surface area contributed by atoms with Gasteiger partial charge in [-0.3, -0.25) is 4.79 Å². The van der Waals surface area contributed by atoms with Gasteiger partial charge in [-0.25, -0.2) is 4.98 Å². The summed E-state index contributed by atoms with van der Waals surface area (Å²) in [5.41, 5.74) is 0.688. The molecule has 2 atom stereocenters. The number of hydrogen-bond acceptors (Lipinski definition) is 3. The Morgan fingerprint density at radius 2 is 2.29 bits per heavy atom. The summed E-state index contributed by atoms with van der Waals surface area (Å²) in [6.45, 7) is 2.30. The maximum Gasteiger partial charge on any atom is 0.153 e. The zero-order chi connectivity index (χ0) is 12.3. The van der Waals surface area contributed by atoms with Gasteiger partial charge in [0.25, 0.3) is 0 Å². The average molecular weight is 232 g/mol. The summed E-state index contributed by atoms with van der Waals surface area (Å²) in [5.74, 6) is 1.60. The van der Waals surface area contributed by atoms with Crippen LogP contribution in [-0.4, -0.2) is 24.4 Å². The second-order valence-corrected chi connectivity index (χ2v) is 5.07. The number of hydrogen-bond donors (Lipinski definition) is 0. The number of carbonyl (C=O) groups excluding carboxylic acids is 1. The number of anilines is 1. The van der Waals surface area contributed by atoms with Gasteiger partial charge in [-0.1, -0.05) is 19.8 Å². The fourth-order valence-electron chi connectivity index (χ4n) is 2.72. The van der Waals surface area contributed by atoms with Crippen LogP contribution in [0.25, 0.3) is 0 Å². The van der Waals surface area contributed by atoms with Gasteiger partial charge >= 0.3 is 0 Å². The van der Waals surface area contributed by atoms with E-state index in [2.05, 4.69) is 23.9 Å². The molecule has 0 saturated heterocycles. The first-order valence-electron chi connectivity index (χ1n) is 6.35. The lowest BCUT2D eigenvalue weighted by Gasteiger charge is -2.35. The first kappa shape index (κ1) is 12.1. The largest absolute Gasteiger partial charge is 0.356 e. The second kappa shape index (κ2) is 5.30. The Morgan fingerprint density at radius 1 is 1.47 bits per heavy atom. The summed E-state index contributed by atoms with van der Waals surface area (Å²) < 4.78 is 0. The van der Waals surface area contributed by atoms with E-state index >= 15 is 0 Å². The highest BCUT2D eigenvalue weighted by molar-refractivity contribution is 5.82. The molecule has 2 unspecified atom stereocenters. The van der Waals surface area contributed by atoms with Crippen molar-refractivity contribution >= 4 is 12.1 Å². The predicted octanol–water partition coefficient (Wildman–Crippen LogP) is 2.91. The topological polar surface area (TPSA) is 33.2 Å². The number of aldehydes is 1. The Bertz CT molecular complexity index is 392. The summed E-state index contributed by atoms with van der Waals surface area (Å²) in [6, 6.07) is 4.16. The minimum Gasteiger partial charge on any atom is -0.356 e. The minimum atomic E-state index is 0.521. The van der Waals surface area contributed by atoms with E-state index in [9.17, 15) is 4.79 Å². The fraction of sp³-hybridized carbons (Fsp3) is 0.571. The zero-order valence-corrected chi connectivity index (χ0v) is 10.6. The molecule has 3 nitrogen and oxygen atoms in total. The molecule has 1 aliphatic carbocycles. The van der Waals surface area contributed by atoms with Gasteiger partial charge in [0.2, 0.25) is 0 Å². The fourth-order valence-corrected chi connectivity index (χ4v) is 2.72. The first-order chi connectivity index (χ1) is 8.22. The highest BCUT2D eigenvalue weighted by Gasteiger charge is 2.24. The first-order valence-corrected chi connectivity index (χ1v) is 6.35. The average Bonchev–Trinajstić information content (AvgIpc) is 2.38. The van der Waals surface area contributed by atoms with Crippen LogP contribution < -0.4 is 4.90 Å². The van der Waals surface area contributed by atoms with Crippen LogP contribution in [-0.2, 0) is 0 Å². The van der Waals surface area contributed by atoms with Crippen LogP contribution >= 0.6 is 0 Å². The molecular formula is C14H20N2O. The molecular weight excluding hydrogens is 212 g/mol. The number of nitrogens with zero attached hydrogens (tertiary/aromatic N) is 2. The minimum absolute atomic E-state index is 0.521. The lowest BCUT2D eigenvalue weighted by Crippen LogP contribution is -2.36. The molecule has 1 aromatic heterocycles. The standard InChI is InChI=1S/C14H20N2O/c1-11-5-3-7-13(9-11)16(2)14-12(10-17)6-4-8-15-14/h4,6,8,10-11,13H,3,5,7,9H2,1-2H3. The van der Waals surface area contributed by atoms with Crippen molar-refractivity contribution < 1.29 is 4.79 Å². The lowest BCUT2D eigenvalue weighted by atomic mass is 9.86. The van der Waals surface area contributed by atoms with Crippen molar-refractivity contribution in [1.29, 1.82) is 0 Å². The third kappa shape index (κ3) is 2.65. The summed E-state index contributed by atoms with van der Waals surface area (Å²) in [5, 5.41) is 0. The highest BCUT2D eigenvalue weighted by atomic mass is 16.1. The summed E-state index contributed by atoms with van der Waals surface area (Å²) in [6.07, 6.45) is 7.66. The van der Waals surface area contributed by atoms with Crippen LogP contribution in [0.2, 0.25) is 0 Å². The molecule has 1 heterocycles. The Hall–Kier alpha value is -1.38. The van der Waals surface area contributed by atoms with Crippen molar-refractivity contribution in [3.63, 3.8) is 0 Å². The van der Waals surface area contributed by atoms with Gasteiger partial charge < -0.3 is 4.90 Å². The molecule has 0 amide bonds. The molecule has 92 valence electrons. The van der Waals surface area contributed by atoms with Crippen molar-refractivity contribution in [2.75, 3.05) is 11.9 Å². The van der Waals surface area contributed by atoms with Gasteiger partial charge in [0.05, 0.1) is 5.56 Å². The van der Waals surface area contributed by atoms with Crippen LogP contribution in [0.1, 0.15) is 43.0 Å². The molecule has 2 rings (SSSR count). The molecule has 0 N–H and O–H groups in total. The van der Waals surface area contributed by atoms with Gasteiger partial charge in [0.15, 0.2) is 6.29 Å². The molecule has 17 heavy (non-hydrogen) atoms. The normalized spacial score (nSPS) is 24.4. The Kier molecular flexibility index (Phi) is 3.77. The van der Waals surface area contributed by atoms with Crippen molar-refractivity contribution in [2.45, 2.75) is 38.6 Å². The van der Waals surface area contributed by atoms with Gasteiger partial charge in [-0.05, 0) is 30.9 Å². The van der Waals surface area contributed by atoms with Crippen molar-refractivity contribution in [1.82, 2.24) is 4.98 Å². The molecule has 0 radical (unpaired) electrons. The Morgan fingerprint density at radius 3 is 3.00 bits per heavy atom. The van der Waals surface area contributed by atoms with Crippen LogP contribution in [0.4, 0.5) is 5.82 Å². The van der Waals surface area contributed by atoms with Crippen LogP contribution in [0, 0.1) is 5.92 Å². The lowest BCUT2D eigenvalue weighted by molar-refractivity contribution is 0.112. The summed E-state index contributed by atoms with van der Waals surface area (Å²) in [4.78, 5) is 17.5. The van der Waals surface area contributed by atoms with Gasteiger partial charge in [-0.15, -0.1) is 0 Å². The molecule has 1 aliphatic rings. The predicted molar refractivity (Wildman–Crippen MR) is 69.4 cm³/mol. The van der Waals surface area contributed by atoms with Gasteiger partial charge in [0.1, 0.15) is 5.82 Å². The molecule has 0 aliphatic heterocycles. The molecule has 0 aromatic carbocycles. The van der Waals surface area contributed by atoms with E-state index in [-0.39, 0.29) is 0 Å². The van der Waals surface area contributed by atoms with Crippen LogP contribution in [0.5, 0.6) is 0 Å². The monoisotopic (exact) mass is 232 g/mol.